The van der Waals surface area contributed by atoms with Gasteiger partial charge >= 0.3 is 0 Å². The summed E-state index contributed by atoms with van der Waals surface area (Å²) in [5.74, 6) is 0. The number of rotatable bonds is 0. The molecule has 0 unspecified atom stereocenters. The zero-order valence-corrected chi connectivity index (χ0v) is 8.58. The Bertz CT molecular complexity index is 358. The molecule has 0 aromatic carbocycles. The molecule has 2 aromatic rings. The molecule has 0 amide bonds. The summed E-state index contributed by atoms with van der Waals surface area (Å²) in [6, 6.07) is 6.33. The van der Waals surface area contributed by atoms with Crippen molar-refractivity contribution in [2.75, 3.05) is 0 Å². The van der Waals surface area contributed by atoms with E-state index in [1.165, 1.54) is 6.20 Å². The Balaban J connectivity index is 0.000000605. The van der Waals surface area contributed by atoms with Crippen LogP contribution in [0, 0.1) is 11.3 Å². The van der Waals surface area contributed by atoms with Crippen LogP contribution in [0.3, 0.4) is 0 Å². The molecule has 0 aliphatic carbocycles. The fourth-order valence-corrected chi connectivity index (χ4v) is 0.929. The summed E-state index contributed by atoms with van der Waals surface area (Å²) in [5, 5.41) is 11.7. The molecule has 1 N–H and O–H groups in total. The maximum absolute atomic E-state index is 10.9. The van der Waals surface area contributed by atoms with E-state index < -0.39 is 0 Å². The average molecular weight is 222 g/mol. The molecule has 2 rings (SSSR count). The number of nitrogens with zero attached hydrogens (tertiary/aromatic N) is 1. The number of nitrogens with one attached hydrogen (secondary N) is 1. The molecule has 0 bridgehead atoms. The van der Waals surface area contributed by atoms with Gasteiger partial charge in [0.2, 0.25) is 0 Å². The van der Waals surface area contributed by atoms with Gasteiger partial charge in [-0.15, -0.1) is 12.1 Å². The van der Waals surface area contributed by atoms with Crippen LogP contribution in [0.2, 0.25) is 0 Å². The number of hydrogen-bond donors (Lipinski definition) is 1. The fourth-order valence-electron chi connectivity index (χ4n) is 0.929. The first-order chi connectivity index (χ1) is 4.88. The Morgan fingerprint density at radius 1 is 1.55 bits per heavy atom. The van der Waals surface area contributed by atoms with E-state index in [1.54, 1.807) is 12.3 Å². The van der Waals surface area contributed by atoms with Gasteiger partial charge in [-0.25, -0.2) is 0 Å². The Labute approximate surface area is 88.9 Å². The summed E-state index contributed by atoms with van der Waals surface area (Å²) in [6.07, 6.45) is 3.13. The Kier molecular flexibility index (Phi) is 2.63. The third-order valence-electron chi connectivity index (χ3n) is 1.39. The second-order valence-corrected chi connectivity index (χ2v) is 2.03. The van der Waals surface area contributed by atoms with Crippen molar-refractivity contribution >= 4 is 11.0 Å². The molecule has 0 fully saturated rings. The van der Waals surface area contributed by atoms with Crippen LogP contribution in [-0.4, -0.2) is 4.98 Å². The summed E-state index contributed by atoms with van der Waals surface area (Å²) >= 11 is 0. The Morgan fingerprint density at radius 2 is 2.36 bits per heavy atom. The zero-order chi connectivity index (χ0) is 6.97. The van der Waals surface area contributed by atoms with Gasteiger partial charge in [0.1, 0.15) is 0 Å². The minimum Gasteiger partial charge on any atom is -0.727 e. The minimum atomic E-state index is 0. The molecule has 0 saturated carbocycles. The van der Waals surface area contributed by atoms with E-state index in [0.29, 0.717) is 5.65 Å². The van der Waals surface area contributed by atoms with Crippen LogP contribution < -0.4 is 4.73 Å². The largest absolute Gasteiger partial charge is 0.727 e. The number of hydrogen-bond acceptors (Lipinski definition) is 1. The van der Waals surface area contributed by atoms with E-state index >= 15 is 0 Å². The topological polar surface area (TPSA) is 42.7 Å². The molecular formula is C7H5N2OY-. The molecule has 0 aliphatic heterocycles. The standard InChI is InChI=1S/C7H5N2O.Y/c10-9-5-1-2-6-3-4-8-7(6)9;/h1,3-5,8H;/q-1;. The Hall–Kier alpha value is -0.406. The predicted molar refractivity (Wildman–Crippen MR) is 36.1 cm³/mol. The molecule has 11 heavy (non-hydrogen) atoms. The monoisotopic (exact) mass is 222 g/mol. The first-order valence-corrected chi connectivity index (χ1v) is 2.95. The molecule has 4 heteroatoms. The number of pyridine rings is 1. The molecule has 3 nitrogen and oxygen atoms in total. The molecule has 2 heterocycles. The SMILES string of the molecule is [O-][n+]1cc[c-]c2cc[nH]c21.[Y]. The smallest absolute Gasteiger partial charge is 0.198 e. The van der Waals surface area contributed by atoms with Crippen molar-refractivity contribution in [2.24, 2.45) is 0 Å². The van der Waals surface area contributed by atoms with Gasteiger partial charge in [-0.2, -0.15) is 0 Å². The molecule has 0 aliphatic rings. The van der Waals surface area contributed by atoms with Gasteiger partial charge in [-0.05, 0) is 0 Å². The van der Waals surface area contributed by atoms with E-state index in [1.807, 2.05) is 6.07 Å². The van der Waals surface area contributed by atoms with Crippen LogP contribution in [0.15, 0.2) is 24.5 Å². The van der Waals surface area contributed by atoms with Gasteiger partial charge < -0.3 is 9.94 Å². The molecule has 53 valence electrons. The van der Waals surface area contributed by atoms with Crippen molar-refractivity contribution < 1.29 is 37.4 Å². The van der Waals surface area contributed by atoms with E-state index in [4.69, 9.17) is 0 Å². The van der Waals surface area contributed by atoms with E-state index in [2.05, 4.69) is 11.1 Å². The number of aromatic nitrogens is 2. The average Bonchev–Trinajstić information content (AvgIpc) is 2.36. The minimum absolute atomic E-state index is 0. The summed E-state index contributed by atoms with van der Waals surface area (Å²) < 4.78 is 0.784. The van der Waals surface area contributed by atoms with Crippen LogP contribution >= 0.6 is 0 Å². The van der Waals surface area contributed by atoms with E-state index in [9.17, 15) is 5.21 Å². The van der Waals surface area contributed by atoms with Crippen LogP contribution in [0.5, 0.6) is 0 Å². The molecule has 0 spiro atoms. The molecule has 0 saturated heterocycles. The van der Waals surface area contributed by atoms with Crippen molar-refractivity contribution in [3.05, 3.63) is 35.8 Å². The number of H-pyrrole nitrogens is 1. The predicted octanol–water partition coefficient (Wildman–Crippen LogP) is 0.599. The molecule has 0 atom stereocenters. The van der Waals surface area contributed by atoms with Gasteiger partial charge in [-0.3, -0.25) is 4.98 Å². The summed E-state index contributed by atoms with van der Waals surface area (Å²) in [7, 11) is 0. The second-order valence-electron chi connectivity index (χ2n) is 2.03. The maximum atomic E-state index is 10.9. The van der Waals surface area contributed by atoms with Gasteiger partial charge in [0, 0.05) is 45.1 Å². The van der Waals surface area contributed by atoms with Crippen LogP contribution in [0.4, 0.5) is 0 Å². The van der Waals surface area contributed by atoms with Crippen molar-refractivity contribution in [2.45, 2.75) is 0 Å². The number of fused-ring (bicyclic) bond motifs is 1. The van der Waals surface area contributed by atoms with E-state index in [-0.39, 0.29) is 32.7 Å². The van der Waals surface area contributed by atoms with Crippen LogP contribution in [0.1, 0.15) is 0 Å². The quantitative estimate of drug-likeness (QED) is 0.396. The van der Waals surface area contributed by atoms with Gasteiger partial charge in [0.05, 0.1) is 0 Å². The second kappa shape index (κ2) is 3.33. The van der Waals surface area contributed by atoms with Crippen molar-refractivity contribution in [3.8, 4) is 0 Å². The maximum Gasteiger partial charge on any atom is 0.198 e. The Morgan fingerprint density at radius 3 is 3.09 bits per heavy atom. The van der Waals surface area contributed by atoms with Gasteiger partial charge in [0.15, 0.2) is 5.65 Å². The van der Waals surface area contributed by atoms with Crippen LogP contribution in [-0.2, 0) is 32.7 Å². The molecule has 1 radical (unpaired) electrons. The van der Waals surface area contributed by atoms with Gasteiger partial charge in [-0.1, -0.05) is 11.5 Å². The van der Waals surface area contributed by atoms with Crippen LogP contribution in [0.25, 0.3) is 11.0 Å². The zero-order valence-electron chi connectivity index (χ0n) is 5.74. The third kappa shape index (κ3) is 1.44. The summed E-state index contributed by atoms with van der Waals surface area (Å²) in [6.45, 7) is 0. The summed E-state index contributed by atoms with van der Waals surface area (Å²) in [4.78, 5) is 2.81. The normalized spacial score (nSPS) is 9.45. The molecular weight excluding hydrogens is 217 g/mol. The first-order valence-electron chi connectivity index (χ1n) is 2.95. The fraction of sp³-hybridized carbons (Fsp3) is 0. The van der Waals surface area contributed by atoms with Gasteiger partial charge in [0.25, 0.3) is 0 Å². The number of aromatic amines is 1. The van der Waals surface area contributed by atoms with Crippen molar-refractivity contribution in [1.29, 1.82) is 0 Å². The van der Waals surface area contributed by atoms with Crippen molar-refractivity contribution in [1.82, 2.24) is 4.98 Å². The van der Waals surface area contributed by atoms with E-state index in [0.717, 1.165) is 10.1 Å². The first kappa shape index (κ1) is 8.69. The third-order valence-corrected chi connectivity index (χ3v) is 1.39. The molecule has 2 aromatic heterocycles. The van der Waals surface area contributed by atoms with Crippen molar-refractivity contribution in [3.63, 3.8) is 0 Å². The summed E-state index contributed by atoms with van der Waals surface area (Å²) in [5.41, 5.74) is 0.558.